The summed E-state index contributed by atoms with van der Waals surface area (Å²) in [5.74, 6) is 0.294. The number of carbonyl (C=O) groups excluding carboxylic acids is 1. The molecule has 0 radical (unpaired) electrons. The van der Waals surface area contributed by atoms with Crippen molar-refractivity contribution in [3.05, 3.63) is 90.2 Å². The lowest BCUT2D eigenvalue weighted by Crippen LogP contribution is -2.27. The molecule has 2 aromatic carbocycles. The van der Waals surface area contributed by atoms with Gasteiger partial charge < -0.3 is 14.4 Å². The van der Waals surface area contributed by atoms with Crippen LogP contribution in [0.25, 0.3) is 16.9 Å². The molecule has 1 N–H and O–H groups in total. The predicted octanol–water partition coefficient (Wildman–Crippen LogP) is 4.33. The standard InChI is InChI=1S/C22H20N4O2/c1-15(17-8-10-19(11-9-17)26-13-12-23-14-26)24-22(27)20-16(2)28-25-21(20)18-6-4-3-5-7-18/h3-15H,1-2H3,(H,24,27)/t15-/m1/s1. The first-order chi connectivity index (χ1) is 13.6. The molecule has 1 amide bonds. The lowest BCUT2D eigenvalue weighted by atomic mass is 10.0. The average molecular weight is 372 g/mol. The van der Waals surface area contributed by atoms with Crippen LogP contribution in [-0.2, 0) is 0 Å². The summed E-state index contributed by atoms with van der Waals surface area (Å²) in [7, 11) is 0. The average Bonchev–Trinajstić information content (AvgIpc) is 3.38. The van der Waals surface area contributed by atoms with Gasteiger partial charge in [0.2, 0.25) is 0 Å². The number of hydrogen-bond donors (Lipinski definition) is 1. The zero-order chi connectivity index (χ0) is 19.5. The number of rotatable bonds is 5. The van der Waals surface area contributed by atoms with Crippen LogP contribution in [0.1, 0.15) is 34.6 Å². The van der Waals surface area contributed by atoms with Crippen molar-refractivity contribution in [1.29, 1.82) is 0 Å². The van der Waals surface area contributed by atoms with E-state index in [0.717, 1.165) is 16.8 Å². The number of hydrogen-bond acceptors (Lipinski definition) is 4. The van der Waals surface area contributed by atoms with Crippen molar-refractivity contribution < 1.29 is 9.32 Å². The van der Waals surface area contributed by atoms with Crippen LogP contribution in [0.2, 0.25) is 0 Å². The molecule has 6 heteroatoms. The van der Waals surface area contributed by atoms with E-state index in [0.29, 0.717) is 17.0 Å². The van der Waals surface area contributed by atoms with Crippen molar-refractivity contribution in [2.45, 2.75) is 19.9 Å². The molecule has 1 atom stereocenters. The summed E-state index contributed by atoms with van der Waals surface area (Å²) in [5, 5.41) is 7.13. The molecule has 0 fully saturated rings. The SMILES string of the molecule is Cc1onc(-c2ccccc2)c1C(=O)N[C@H](C)c1ccc(-n2ccnc2)cc1. The molecule has 4 aromatic rings. The zero-order valence-corrected chi connectivity index (χ0v) is 15.7. The lowest BCUT2D eigenvalue weighted by molar-refractivity contribution is 0.0939. The molecule has 140 valence electrons. The molecule has 0 aliphatic heterocycles. The van der Waals surface area contributed by atoms with Crippen molar-refractivity contribution in [3.8, 4) is 16.9 Å². The van der Waals surface area contributed by atoms with Gasteiger partial charge >= 0.3 is 0 Å². The van der Waals surface area contributed by atoms with E-state index < -0.39 is 0 Å². The number of benzene rings is 2. The quantitative estimate of drug-likeness (QED) is 0.566. The Hall–Kier alpha value is -3.67. The van der Waals surface area contributed by atoms with E-state index in [9.17, 15) is 4.79 Å². The number of nitrogens with one attached hydrogen (secondary N) is 1. The summed E-state index contributed by atoms with van der Waals surface area (Å²) in [4.78, 5) is 17.0. The third-order valence-electron chi connectivity index (χ3n) is 4.68. The largest absolute Gasteiger partial charge is 0.360 e. The summed E-state index contributed by atoms with van der Waals surface area (Å²) >= 11 is 0. The van der Waals surface area contributed by atoms with Crippen molar-refractivity contribution in [1.82, 2.24) is 20.0 Å². The van der Waals surface area contributed by atoms with Gasteiger partial charge in [0.05, 0.1) is 12.4 Å². The Bertz CT molecular complexity index is 1070. The fourth-order valence-corrected chi connectivity index (χ4v) is 3.13. The van der Waals surface area contributed by atoms with Crippen LogP contribution < -0.4 is 5.32 Å². The number of amides is 1. The van der Waals surface area contributed by atoms with Crippen molar-refractivity contribution in [2.75, 3.05) is 0 Å². The summed E-state index contributed by atoms with van der Waals surface area (Å²) in [6.07, 6.45) is 5.38. The number of aromatic nitrogens is 3. The van der Waals surface area contributed by atoms with E-state index in [1.807, 2.05) is 72.3 Å². The molecule has 2 heterocycles. The summed E-state index contributed by atoms with van der Waals surface area (Å²) in [6.45, 7) is 3.70. The van der Waals surface area contributed by atoms with Gasteiger partial charge in [0.15, 0.2) is 0 Å². The van der Waals surface area contributed by atoms with Gasteiger partial charge in [-0.05, 0) is 31.5 Å². The number of aryl methyl sites for hydroxylation is 1. The maximum Gasteiger partial charge on any atom is 0.257 e. The van der Waals surface area contributed by atoms with E-state index >= 15 is 0 Å². The third kappa shape index (κ3) is 3.44. The normalized spacial score (nSPS) is 11.9. The lowest BCUT2D eigenvalue weighted by Gasteiger charge is -2.15. The molecule has 0 aliphatic rings. The molecule has 0 aliphatic carbocycles. The van der Waals surface area contributed by atoms with Gasteiger partial charge in [0.25, 0.3) is 5.91 Å². The van der Waals surface area contributed by atoms with E-state index in [4.69, 9.17) is 4.52 Å². The molecule has 0 unspecified atom stereocenters. The minimum Gasteiger partial charge on any atom is -0.360 e. The highest BCUT2D eigenvalue weighted by Gasteiger charge is 2.23. The molecule has 6 nitrogen and oxygen atoms in total. The first kappa shape index (κ1) is 17.7. The molecular formula is C22H20N4O2. The Morgan fingerprint density at radius 2 is 1.86 bits per heavy atom. The Morgan fingerprint density at radius 1 is 1.11 bits per heavy atom. The van der Waals surface area contributed by atoms with E-state index in [2.05, 4.69) is 15.5 Å². The highest BCUT2D eigenvalue weighted by molar-refractivity contribution is 6.00. The Kier molecular flexibility index (Phi) is 4.76. The highest BCUT2D eigenvalue weighted by atomic mass is 16.5. The summed E-state index contributed by atoms with van der Waals surface area (Å²) in [5.41, 5.74) is 3.89. The van der Waals surface area contributed by atoms with Crippen LogP contribution in [0, 0.1) is 6.92 Å². The predicted molar refractivity (Wildman–Crippen MR) is 106 cm³/mol. The van der Waals surface area contributed by atoms with Gasteiger partial charge in [-0.3, -0.25) is 4.79 Å². The smallest absolute Gasteiger partial charge is 0.257 e. The number of nitrogens with zero attached hydrogens (tertiary/aromatic N) is 3. The number of imidazole rings is 1. The van der Waals surface area contributed by atoms with E-state index in [1.54, 1.807) is 19.4 Å². The molecule has 0 bridgehead atoms. The molecule has 28 heavy (non-hydrogen) atoms. The molecule has 4 rings (SSSR count). The van der Waals surface area contributed by atoms with Crippen LogP contribution in [0.5, 0.6) is 0 Å². The molecule has 0 spiro atoms. The molecule has 0 saturated carbocycles. The van der Waals surface area contributed by atoms with Gasteiger partial charge in [0.1, 0.15) is 17.0 Å². The minimum absolute atomic E-state index is 0.165. The highest BCUT2D eigenvalue weighted by Crippen LogP contribution is 2.26. The van der Waals surface area contributed by atoms with Crippen molar-refractivity contribution in [2.24, 2.45) is 0 Å². The van der Waals surface area contributed by atoms with Gasteiger partial charge in [-0.15, -0.1) is 0 Å². The molecular weight excluding hydrogens is 352 g/mol. The summed E-state index contributed by atoms with van der Waals surface area (Å²) in [6, 6.07) is 17.4. The molecule has 2 aromatic heterocycles. The second-order valence-corrected chi connectivity index (χ2v) is 6.59. The third-order valence-corrected chi connectivity index (χ3v) is 4.68. The summed E-state index contributed by atoms with van der Waals surface area (Å²) < 4.78 is 7.23. The van der Waals surface area contributed by atoms with Gasteiger partial charge in [-0.2, -0.15) is 0 Å². The van der Waals surface area contributed by atoms with Crippen LogP contribution in [-0.4, -0.2) is 20.6 Å². The zero-order valence-electron chi connectivity index (χ0n) is 15.7. The fraction of sp³-hybridized carbons (Fsp3) is 0.136. The Balaban J connectivity index is 1.53. The van der Waals surface area contributed by atoms with Crippen molar-refractivity contribution in [3.63, 3.8) is 0 Å². The topological polar surface area (TPSA) is 73.0 Å². The van der Waals surface area contributed by atoms with Crippen LogP contribution >= 0.6 is 0 Å². The second kappa shape index (κ2) is 7.52. The van der Waals surface area contributed by atoms with E-state index in [-0.39, 0.29) is 11.9 Å². The maximum atomic E-state index is 12.9. The van der Waals surface area contributed by atoms with Gasteiger partial charge in [-0.1, -0.05) is 47.6 Å². The van der Waals surface area contributed by atoms with E-state index in [1.165, 1.54) is 0 Å². The first-order valence-corrected chi connectivity index (χ1v) is 9.04. The fourth-order valence-electron chi connectivity index (χ4n) is 3.13. The van der Waals surface area contributed by atoms with Crippen LogP contribution in [0.4, 0.5) is 0 Å². The van der Waals surface area contributed by atoms with Crippen LogP contribution in [0.3, 0.4) is 0 Å². The minimum atomic E-state index is -0.205. The Morgan fingerprint density at radius 3 is 2.54 bits per heavy atom. The Labute approximate surface area is 162 Å². The maximum absolute atomic E-state index is 12.9. The molecule has 0 saturated heterocycles. The van der Waals surface area contributed by atoms with Crippen molar-refractivity contribution >= 4 is 5.91 Å². The second-order valence-electron chi connectivity index (χ2n) is 6.59. The first-order valence-electron chi connectivity index (χ1n) is 9.04. The van der Waals surface area contributed by atoms with Gasteiger partial charge in [0, 0.05) is 23.6 Å². The van der Waals surface area contributed by atoms with Gasteiger partial charge in [-0.25, -0.2) is 4.98 Å². The monoisotopic (exact) mass is 372 g/mol. The van der Waals surface area contributed by atoms with Crippen LogP contribution in [0.15, 0.2) is 77.8 Å². The number of carbonyl (C=O) groups is 1.